The lowest BCUT2D eigenvalue weighted by molar-refractivity contribution is 0.391. The van der Waals surface area contributed by atoms with Crippen molar-refractivity contribution in [2.45, 2.75) is 0 Å². The van der Waals surface area contributed by atoms with Crippen LogP contribution in [0.2, 0.25) is 0 Å². The highest BCUT2D eigenvalue weighted by Crippen LogP contribution is 2.40. The molecule has 0 radical (unpaired) electrons. The number of aromatic nitrogens is 3. The van der Waals surface area contributed by atoms with E-state index in [-0.39, 0.29) is 12.0 Å². The van der Waals surface area contributed by atoms with Gasteiger partial charge >= 0.3 is 17.7 Å². The molecule has 0 aliphatic rings. The van der Waals surface area contributed by atoms with Gasteiger partial charge in [0.25, 0.3) is 0 Å². The van der Waals surface area contributed by atoms with Gasteiger partial charge in [0.15, 0.2) is 0 Å². The quantitative estimate of drug-likeness (QED) is 0.283. The molecule has 1 aromatic heterocycles. The number of ether oxygens (including phenoxy) is 2. The van der Waals surface area contributed by atoms with Gasteiger partial charge in [-0.25, -0.2) is 4.79 Å². The third kappa shape index (κ3) is 5.02. The van der Waals surface area contributed by atoms with Gasteiger partial charge in [0.1, 0.15) is 11.5 Å². The molecule has 1 heterocycles. The summed E-state index contributed by atoms with van der Waals surface area (Å²) in [5.41, 5.74) is -0.658. The van der Waals surface area contributed by atoms with Crippen LogP contribution in [0.15, 0.2) is 55.9 Å². The zero-order valence-electron chi connectivity index (χ0n) is 12.7. The Kier molecular flexibility index (Phi) is 7.18. The number of hydrogen-bond donors (Lipinski definition) is 1. The van der Waals surface area contributed by atoms with Crippen molar-refractivity contribution >= 4 is 95.6 Å². The van der Waals surface area contributed by atoms with Gasteiger partial charge in [-0.1, -0.05) is 0 Å². The van der Waals surface area contributed by atoms with Crippen LogP contribution in [0.3, 0.4) is 0 Å². The minimum absolute atomic E-state index is 0.0628. The van der Waals surface area contributed by atoms with E-state index in [4.69, 9.17) is 9.47 Å². The first-order valence-electron chi connectivity index (χ1n) is 6.87. The van der Waals surface area contributed by atoms with Gasteiger partial charge in [-0.3, -0.25) is 4.98 Å². The topological polar surface area (TPSA) is 77.1 Å². The first kappa shape index (κ1) is 21.4. The lowest BCUT2D eigenvalue weighted by atomic mass is 10.3. The maximum Gasteiger partial charge on any atom is 0.353 e. The lowest BCUT2D eigenvalue weighted by Crippen LogP contribution is -2.14. The lowest BCUT2D eigenvalue weighted by Gasteiger charge is -2.11. The maximum absolute atomic E-state index is 11.9. The second-order valence-corrected chi connectivity index (χ2v) is 9.67. The molecule has 0 spiro atoms. The number of aromatic amines is 1. The Morgan fingerprint density at radius 2 is 1.22 bits per heavy atom. The monoisotopic (exact) mass is 749 g/mol. The number of rotatable bonds is 4. The summed E-state index contributed by atoms with van der Waals surface area (Å²) in [6, 6.07) is 6.76. The number of halogens is 6. The van der Waals surface area contributed by atoms with Crippen molar-refractivity contribution in [2.75, 3.05) is 0 Å². The first-order valence-corrected chi connectivity index (χ1v) is 11.6. The molecule has 0 atom stereocenters. The van der Waals surface area contributed by atoms with Gasteiger partial charge < -0.3 is 9.47 Å². The van der Waals surface area contributed by atoms with Gasteiger partial charge in [0.2, 0.25) is 0 Å². The predicted octanol–water partition coefficient (Wildman–Crippen LogP) is 7.32. The standard InChI is InChI=1S/C15H5Br6N3O3/c16-5-1-3-7(11(20)9(5)18)26-14-22-13(25)23-15(24-14)27-8-4-2-6(17)10(19)12(8)21/h1-4H,(H,22,23,24,25). The third-order valence-corrected chi connectivity index (χ3v) is 9.69. The molecule has 140 valence electrons. The SMILES string of the molecule is O=c1nc(Oc2ccc(Br)c(Br)c2Br)nc(Oc2ccc(Br)c(Br)c2Br)[nH]1. The summed E-state index contributed by atoms with van der Waals surface area (Å²) in [7, 11) is 0. The van der Waals surface area contributed by atoms with Crippen LogP contribution < -0.4 is 15.2 Å². The van der Waals surface area contributed by atoms with Crippen LogP contribution in [0.5, 0.6) is 23.5 Å². The largest absolute Gasteiger partial charge is 0.424 e. The Balaban J connectivity index is 1.93. The summed E-state index contributed by atoms with van der Waals surface area (Å²) < 4.78 is 15.8. The molecule has 12 heteroatoms. The summed E-state index contributed by atoms with van der Waals surface area (Å²) in [4.78, 5) is 22.1. The molecule has 0 saturated heterocycles. The molecule has 0 bridgehead atoms. The summed E-state index contributed by atoms with van der Waals surface area (Å²) in [5, 5.41) is 0. The van der Waals surface area contributed by atoms with Crippen molar-refractivity contribution in [2.24, 2.45) is 0 Å². The van der Waals surface area contributed by atoms with Gasteiger partial charge in [0.05, 0.1) is 8.95 Å². The second-order valence-electron chi connectivity index (χ2n) is 4.79. The van der Waals surface area contributed by atoms with E-state index in [1.54, 1.807) is 24.3 Å². The Labute approximate surface area is 203 Å². The Bertz CT molecular complexity index is 1010. The molecule has 0 aliphatic carbocycles. The highest BCUT2D eigenvalue weighted by Gasteiger charge is 2.15. The molecule has 27 heavy (non-hydrogen) atoms. The van der Waals surface area contributed by atoms with Crippen LogP contribution in [0, 0.1) is 0 Å². The van der Waals surface area contributed by atoms with Crippen molar-refractivity contribution in [3.8, 4) is 23.5 Å². The summed E-state index contributed by atoms with van der Waals surface area (Å²) in [6.45, 7) is 0. The number of H-pyrrole nitrogens is 1. The highest BCUT2D eigenvalue weighted by atomic mass is 79.9. The van der Waals surface area contributed by atoms with Crippen LogP contribution in [-0.2, 0) is 0 Å². The molecule has 6 nitrogen and oxygen atoms in total. The minimum atomic E-state index is -0.658. The van der Waals surface area contributed by atoms with E-state index in [1.165, 1.54) is 0 Å². The fourth-order valence-electron chi connectivity index (χ4n) is 1.82. The average Bonchev–Trinajstić information content (AvgIpc) is 2.62. The molecule has 0 fully saturated rings. The zero-order chi connectivity index (χ0) is 19.7. The highest BCUT2D eigenvalue weighted by molar-refractivity contribution is 9.15. The van der Waals surface area contributed by atoms with Gasteiger partial charge in [-0.2, -0.15) is 0 Å². The van der Waals surface area contributed by atoms with Crippen molar-refractivity contribution in [1.29, 1.82) is 0 Å². The van der Waals surface area contributed by atoms with E-state index >= 15 is 0 Å². The van der Waals surface area contributed by atoms with Crippen molar-refractivity contribution in [3.05, 3.63) is 61.6 Å². The van der Waals surface area contributed by atoms with Crippen LogP contribution in [0.1, 0.15) is 0 Å². The van der Waals surface area contributed by atoms with Crippen molar-refractivity contribution in [1.82, 2.24) is 15.0 Å². The number of benzene rings is 2. The third-order valence-electron chi connectivity index (χ3n) is 3.02. The number of hydrogen-bond acceptors (Lipinski definition) is 5. The smallest absolute Gasteiger partial charge is 0.353 e. The van der Waals surface area contributed by atoms with Crippen LogP contribution >= 0.6 is 95.6 Å². The molecule has 0 aliphatic heterocycles. The molecule has 0 amide bonds. The van der Waals surface area contributed by atoms with Crippen LogP contribution in [0.4, 0.5) is 0 Å². The summed E-state index contributed by atoms with van der Waals surface area (Å²) in [6.07, 6.45) is 0. The van der Waals surface area contributed by atoms with Crippen molar-refractivity contribution < 1.29 is 9.47 Å². The van der Waals surface area contributed by atoms with E-state index in [0.29, 0.717) is 20.4 Å². The first-order chi connectivity index (χ1) is 12.8. The predicted molar refractivity (Wildman–Crippen MR) is 122 cm³/mol. The molecule has 0 saturated carbocycles. The van der Waals surface area contributed by atoms with Crippen molar-refractivity contribution in [3.63, 3.8) is 0 Å². The molecular formula is C15H5Br6N3O3. The molecular weight excluding hydrogens is 750 g/mol. The average molecular weight is 755 g/mol. The van der Waals surface area contributed by atoms with Gasteiger partial charge in [0, 0.05) is 17.9 Å². The molecule has 0 unspecified atom stereocenters. The Morgan fingerprint density at radius 1 is 0.704 bits per heavy atom. The fourth-order valence-corrected chi connectivity index (χ4v) is 4.52. The van der Waals surface area contributed by atoms with Gasteiger partial charge in [-0.05, 0) is 120 Å². The van der Waals surface area contributed by atoms with Crippen LogP contribution in [0.25, 0.3) is 0 Å². The number of nitrogens with one attached hydrogen (secondary N) is 1. The van der Waals surface area contributed by atoms with Crippen LogP contribution in [-0.4, -0.2) is 15.0 Å². The van der Waals surface area contributed by atoms with Gasteiger partial charge in [-0.15, -0.1) is 9.97 Å². The second kappa shape index (κ2) is 9.04. The van der Waals surface area contributed by atoms with E-state index in [0.717, 1.165) is 17.9 Å². The molecule has 2 aromatic carbocycles. The van der Waals surface area contributed by atoms with E-state index in [1.807, 2.05) is 0 Å². The maximum atomic E-state index is 11.9. The summed E-state index contributed by atoms with van der Waals surface area (Å²) in [5.74, 6) is 0.868. The zero-order valence-corrected chi connectivity index (χ0v) is 22.2. The van der Waals surface area contributed by atoms with E-state index in [2.05, 4.69) is 111 Å². The van der Waals surface area contributed by atoms with E-state index in [9.17, 15) is 4.79 Å². The Hall–Kier alpha value is -0.270. The fraction of sp³-hybridized carbons (Fsp3) is 0. The number of nitrogens with zero attached hydrogens (tertiary/aromatic N) is 2. The summed E-state index contributed by atoms with van der Waals surface area (Å²) >= 11 is 20.5. The Morgan fingerprint density at radius 3 is 1.78 bits per heavy atom. The molecule has 3 aromatic rings. The minimum Gasteiger partial charge on any atom is -0.424 e. The van der Waals surface area contributed by atoms with E-state index < -0.39 is 5.69 Å². The molecule has 3 rings (SSSR count). The normalized spacial score (nSPS) is 10.7. The molecule has 1 N–H and O–H groups in total.